The number of hydrogen-bond acceptors (Lipinski definition) is 4. The molecule has 1 unspecified atom stereocenters. The first-order valence-electron chi connectivity index (χ1n) is 7.93. The molecule has 0 aromatic carbocycles. The van der Waals surface area contributed by atoms with Crippen LogP contribution in [0.25, 0.3) is 0 Å². The van der Waals surface area contributed by atoms with Gasteiger partial charge in [0.05, 0.1) is 0 Å². The van der Waals surface area contributed by atoms with Gasteiger partial charge in [-0.15, -0.1) is 5.10 Å². The van der Waals surface area contributed by atoms with Gasteiger partial charge in [0, 0.05) is 18.5 Å². The van der Waals surface area contributed by atoms with E-state index >= 15 is 0 Å². The van der Waals surface area contributed by atoms with Crippen LogP contribution >= 0.6 is 0 Å². The smallest absolute Gasteiger partial charge is 0.291 e. The highest BCUT2D eigenvalue weighted by Crippen LogP contribution is 2.17. The summed E-state index contributed by atoms with van der Waals surface area (Å²) in [6, 6.07) is 0.389. The van der Waals surface area contributed by atoms with Crippen LogP contribution in [0.4, 0.5) is 0 Å². The molecule has 0 saturated carbocycles. The van der Waals surface area contributed by atoms with Gasteiger partial charge in [-0.3, -0.25) is 14.8 Å². The Morgan fingerprint density at radius 3 is 2.48 bits per heavy atom. The van der Waals surface area contributed by atoms with Gasteiger partial charge >= 0.3 is 0 Å². The minimum absolute atomic E-state index is 0.192. The number of amides is 1. The molecule has 1 aliphatic heterocycles. The fourth-order valence-corrected chi connectivity index (χ4v) is 2.77. The van der Waals surface area contributed by atoms with E-state index in [1.54, 1.807) is 0 Å². The predicted octanol–water partition coefficient (Wildman–Crippen LogP) is 1.78. The number of carbonyl (C=O) groups excluding carboxylic acids is 1. The summed E-state index contributed by atoms with van der Waals surface area (Å²) in [6.45, 7) is 11.4. The van der Waals surface area contributed by atoms with E-state index in [2.05, 4.69) is 39.2 Å². The van der Waals surface area contributed by atoms with E-state index in [9.17, 15) is 4.79 Å². The summed E-state index contributed by atoms with van der Waals surface area (Å²) in [7, 11) is 0. The van der Waals surface area contributed by atoms with Crippen LogP contribution in [-0.2, 0) is 0 Å². The highest BCUT2D eigenvalue weighted by atomic mass is 16.2. The maximum Gasteiger partial charge on any atom is 0.291 e. The molecular weight excluding hydrogens is 266 g/mol. The van der Waals surface area contributed by atoms with Crippen LogP contribution in [0.2, 0.25) is 0 Å². The number of carbonyl (C=O) groups is 1. The molecule has 1 saturated heterocycles. The lowest BCUT2D eigenvalue weighted by Crippen LogP contribution is -2.45. The second kappa shape index (κ2) is 7.02. The normalized spacial score (nSPS) is 17.6. The van der Waals surface area contributed by atoms with E-state index in [0.29, 0.717) is 18.5 Å². The van der Waals surface area contributed by atoms with Crippen LogP contribution in [-0.4, -0.2) is 51.7 Å². The summed E-state index contributed by atoms with van der Waals surface area (Å²) in [6.07, 6.45) is 2.52. The molecule has 6 nitrogen and oxygen atoms in total. The first-order chi connectivity index (χ1) is 9.99. The number of nitrogens with one attached hydrogen (secondary N) is 2. The molecule has 0 bridgehead atoms. The molecule has 118 valence electrons. The third-order valence-electron chi connectivity index (χ3n) is 4.10. The van der Waals surface area contributed by atoms with Gasteiger partial charge in [0.2, 0.25) is 5.82 Å². The summed E-state index contributed by atoms with van der Waals surface area (Å²) in [4.78, 5) is 18.9. The van der Waals surface area contributed by atoms with Crippen molar-refractivity contribution < 1.29 is 4.79 Å². The molecular formula is C15H27N5O. The summed E-state index contributed by atoms with van der Waals surface area (Å²) < 4.78 is 0. The van der Waals surface area contributed by atoms with Crippen molar-refractivity contribution in [1.82, 2.24) is 25.4 Å². The lowest BCUT2D eigenvalue weighted by atomic mass is 10.0. The largest absolute Gasteiger partial charge is 0.348 e. The summed E-state index contributed by atoms with van der Waals surface area (Å²) in [5.41, 5.74) is 0. The van der Waals surface area contributed by atoms with Gasteiger partial charge in [0.1, 0.15) is 5.82 Å². The lowest BCUT2D eigenvalue weighted by Gasteiger charge is -2.30. The molecule has 0 aliphatic carbocycles. The summed E-state index contributed by atoms with van der Waals surface area (Å²) in [5.74, 6) is 1.56. The van der Waals surface area contributed by atoms with Crippen molar-refractivity contribution in [1.29, 1.82) is 0 Å². The first kappa shape index (κ1) is 15.9. The number of H-pyrrole nitrogens is 1. The number of likely N-dealkylation sites (tertiary alicyclic amines) is 1. The average molecular weight is 293 g/mol. The molecule has 1 aromatic rings. The van der Waals surface area contributed by atoms with Crippen molar-refractivity contribution >= 4 is 5.91 Å². The lowest BCUT2D eigenvalue weighted by molar-refractivity contribution is 0.0917. The summed E-state index contributed by atoms with van der Waals surface area (Å²) >= 11 is 0. The van der Waals surface area contributed by atoms with Gasteiger partial charge in [-0.05, 0) is 31.8 Å². The van der Waals surface area contributed by atoms with E-state index in [1.165, 1.54) is 12.8 Å². The Balaban J connectivity index is 1.91. The minimum atomic E-state index is -0.192. The molecule has 6 heteroatoms. The Bertz CT molecular complexity index is 462. The van der Waals surface area contributed by atoms with Crippen molar-refractivity contribution in [2.75, 3.05) is 19.6 Å². The van der Waals surface area contributed by atoms with Crippen molar-refractivity contribution in [2.24, 2.45) is 5.92 Å². The fourth-order valence-electron chi connectivity index (χ4n) is 2.77. The highest BCUT2D eigenvalue weighted by Gasteiger charge is 2.25. The molecule has 0 spiro atoms. The van der Waals surface area contributed by atoms with Crippen LogP contribution in [0.5, 0.6) is 0 Å². The topological polar surface area (TPSA) is 73.9 Å². The third-order valence-corrected chi connectivity index (χ3v) is 4.10. The molecule has 1 fully saturated rings. The Labute approximate surface area is 126 Å². The molecule has 2 heterocycles. The SMILES string of the molecule is CC(C)c1nc(C(=O)NCC(C(C)C)N2CCCC2)n[nH]1. The standard InChI is InChI=1S/C15H27N5O/c1-10(2)12(20-7-5-6-8-20)9-16-15(21)14-17-13(11(3)4)18-19-14/h10-12H,5-9H2,1-4H3,(H,16,21)(H,17,18,19). The van der Waals surface area contributed by atoms with E-state index in [1.807, 2.05) is 13.8 Å². The zero-order valence-corrected chi connectivity index (χ0v) is 13.5. The maximum absolute atomic E-state index is 12.1. The van der Waals surface area contributed by atoms with Crippen LogP contribution in [0, 0.1) is 5.92 Å². The Morgan fingerprint density at radius 1 is 1.29 bits per heavy atom. The van der Waals surface area contributed by atoms with E-state index < -0.39 is 0 Å². The van der Waals surface area contributed by atoms with Crippen molar-refractivity contribution in [3.05, 3.63) is 11.6 Å². The Hall–Kier alpha value is -1.43. The molecule has 1 aliphatic rings. The Morgan fingerprint density at radius 2 is 1.95 bits per heavy atom. The first-order valence-corrected chi connectivity index (χ1v) is 7.93. The van der Waals surface area contributed by atoms with Gasteiger partial charge in [-0.25, -0.2) is 4.98 Å². The molecule has 1 aromatic heterocycles. The minimum Gasteiger partial charge on any atom is -0.348 e. The molecule has 1 atom stereocenters. The van der Waals surface area contributed by atoms with E-state index in [0.717, 1.165) is 18.9 Å². The highest BCUT2D eigenvalue weighted by molar-refractivity contribution is 5.90. The zero-order chi connectivity index (χ0) is 15.4. The zero-order valence-electron chi connectivity index (χ0n) is 13.5. The van der Waals surface area contributed by atoms with E-state index in [4.69, 9.17) is 0 Å². The molecule has 2 rings (SSSR count). The third kappa shape index (κ3) is 4.03. The number of aromatic nitrogens is 3. The van der Waals surface area contributed by atoms with Gasteiger partial charge in [0.15, 0.2) is 0 Å². The van der Waals surface area contributed by atoms with Crippen molar-refractivity contribution in [3.63, 3.8) is 0 Å². The van der Waals surface area contributed by atoms with Crippen molar-refractivity contribution in [3.8, 4) is 0 Å². The van der Waals surface area contributed by atoms with Gasteiger partial charge < -0.3 is 5.32 Å². The van der Waals surface area contributed by atoms with Gasteiger partial charge in [0.25, 0.3) is 5.91 Å². The second-order valence-electron chi connectivity index (χ2n) is 6.46. The fraction of sp³-hybridized carbons (Fsp3) is 0.800. The van der Waals surface area contributed by atoms with Crippen LogP contribution in [0.1, 0.15) is 62.9 Å². The van der Waals surface area contributed by atoms with Crippen molar-refractivity contribution in [2.45, 2.75) is 52.5 Å². The van der Waals surface area contributed by atoms with Gasteiger partial charge in [-0.1, -0.05) is 27.7 Å². The molecule has 21 heavy (non-hydrogen) atoms. The quantitative estimate of drug-likeness (QED) is 0.838. The van der Waals surface area contributed by atoms with Crippen LogP contribution in [0.3, 0.4) is 0 Å². The average Bonchev–Trinajstić information content (AvgIpc) is 3.09. The Kier molecular flexibility index (Phi) is 5.33. The number of hydrogen-bond donors (Lipinski definition) is 2. The predicted molar refractivity (Wildman–Crippen MR) is 82.2 cm³/mol. The number of rotatable bonds is 6. The van der Waals surface area contributed by atoms with Crippen LogP contribution < -0.4 is 5.32 Å². The number of aromatic amines is 1. The summed E-state index contributed by atoms with van der Waals surface area (Å²) in [5, 5.41) is 9.80. The van der Waals surface area contributed by atoms with Crippen LogP contribution in [0.15, 0.2) is 0 Å². The maximum atomic E-state index is 12.1. The number of nitrogens with zero attached hydrogens (tertiary/aromatic N) is 3. The molecule has 1 amide bonds. The van der Waals surface area contributed by atoms with Gasteiger partial charge in [-0.2, -0.15) is 0 Å². The van der Waals surface area contributed by atoms with E-state index in [-0.39, 0.29) is 17.6 Å². The monoisotopic (exact) mass is 293 g/mol. The second-order valence-corrected chi connectivity index (χ2v) is 6.46. The molecule has 0 radical (unpaired) electrons. The molecule has 2 N–H and O–H groups in total.